The van der Waals surface area contributed by atoms with Gasteiger partial charge in [-0.25, -0.2) is 19.6 Å². The highest BCUT2D eigenvalue weighted by Gasteiger charge is 2.63. The fraction of sp³-hybridized carbons (Fsp3) is 0.361. The van der Waals surface area contributed by atoms with E-state index in [0.29, 0.717) is 22.3 Å². The summed E-state index contributed by atoms with van der Waals surface area (Å²) in [6, 6.07) is 17.7. The van der Waals surface area contributed by atoms with E-state index in [1.807, 2.05) is 30.3 Å². The van der Waals surface area contributed by atoms with Crippen molar-refractivity contribution in [1.29, 1.82) is 0 Å². The number of ether oxygens (including phenoxy) is 6. The minimum atomic E-state index is -2.35. The van der Waals surface area contributed by atoms with Gasteiger partial charge in [-0.05, 0) is 31.0 Å². The van der Waals surface area contributed by atoms with Gasteiger partial charge in [-0.15, -0.1) is 6.42 Å². The first-order chi connectivity index (χ1) is 24.5. The molecule has 0 radical (unpaired) electrons. The molecule has 4 atom stereocenters. The molecule has 266 valence electrons. The van der Waals surface area contributed by atoms with Crippen LogP contribution in [0.1, 0.15) is 39.5 Å². The Morgan fingerprint density at radius 3 is 2.16 bits per heavy atom. The second-order valence-corrected chi connectivity index (χ2v) is 11.7. The van der Waals surface area contributed by atoms with E-state index >= 15 is 0 Å². The van der Waals surface area contributed by atoms with Gasteiger partial charge in [0.1, 0.15) is 17.3 Å². The number of esters is 4. The van der Waals surface area contributed by atoms with E-state index in [2.05, 4.69) is 20.9 Å². The zero-order valence-corrected chi connectivity index (χ0v) is 29.0. The van der Waals surface area contributed by atoms with E-state index in [0.717, 1.165) is 13.8 Å². The molecule has 14 nitrogen and oxygen atoms in total. The van der Waals surface area contributed by atoms with Crippen molar-refractivity contribution in [2.75, 3.05) is 19.8 Å². The molecule has 1 aliphatic heterocycles. The molecule has 2 aromatic heterocycles. The molecule has 0 bridgehead atoms. The summed E-state index contributed by atoms with van der Waals surface area (Å²) < 4.78 is 36.2. The maximum atomic E-state index is 13.7. The molecular weight excluding hydrogens is 684 g/mol. The van der Waals surface area contributed by atoms with Crippen LogP contribution in [0, 0.1) is 12.3 Å². The molecule has 0 saturated carbocycles. The van der Waals surface area contributed by atoms with E-state index in [1.54, 1.807) is 44.2 Å². The van der Waals surface area contributed by atoms with Crippen molar-refractivity contribution in [3.8, 4) is 23.6 Å². The van der Waals surface area contributed by atoms with Crippen molar-refractivity contribution in [3.63, 3.8) is 0 Å². The minimum Gasteiger partial charge on any atom is -0.463 e. The largest absolute Gasteiger partial charge is 0.463 e. The van der Waals surface area contributed by atoms with Gasteiger partial charge < -0.3 is 28.4 Å². The second-order valence-electron chi connectivity index (χ2n) is 11.3. The summed E-state index contributed by atoms with van der Waals surface area (Å²) in [5, 5.41) is -0.122. The van der Waals surface area contributed by atoms with Crippen molar-refractivity contribution in [3.05, 3.63) is 77.8 Å². The second kappa shape index (κ2) is 15.7. The number of aromatic nitrogens is 4. The smallest absolute Gasteiger partial charge is 0.350 e. The number of carbonyl (C=O) groups excluding carboxylic acids is 4. The lowest BCUT2D eigenvalue weighted by Gasteiger charge is -2.34. The Bertz CT molecular complexity index is 1930. The molecule has 2 aromatic carbocycles. The third kappa shape index (κ3) is 7.41. The first kappa shape index (κ1) is 36.9. The number of nitrogens with zero attached hydrogens (tertiary/aromatic N) is 4. The normalized spacial score (nSPS) is 20.0. The number of imidazole rings is 1. The quantitative estimate of drug-likeness (QED) is 0.0640. The Balaban J connectivity index is 1.63. The van der Waals surface area contributed by atoms with Gasteiger partial charge in [0.15, 0.2) is 11.9 Å². The Morgan fingerprint density at radius 1 is 0.961 bits per heavy atom. The predicted molar refractivity (Wildman–Crippen MR) is 181 cm³/mol. The van der Waals surface area contributed by atoms with E-state index in [4.69, 9.17) is 46.4 Å². The number of terminal acetylenes is 1. The van der Waals surface area contributed by atoms with Gasteiger partial charge in [-0.1, -0.05) is 66.6 Å². The average Bonchev–Trinajstić information content (AvgIpc) is 3.65. The molecule has 1 saturated heterocycles. The third-order valence-corrected chi connectivity index (χ3v) is 8.17. The van der Waals surface area contributed by atoms with Gasteiger partial charge in [-0.2, -0.15) is 4.98 Å². The number of hydrogen-bond donors (Lipinski definition) is 0. The number of fused-ring (bicyclic) bond motifs is 1. The molecular formula is C36H35ClN4O10. The van der Waals surface area contributed by atoms with Crippen molar-refractivity contribution in [1.82, 2.24) is 19.5 Å². The number of benzene rings is 2. The van der Waals surface area contributed by atoms with Crippen LogP contribution >= 0.6 is 11.6 Å². The Labute approximate surface area is 298 Å². The molecule has 0 amide bonds. The highest BCUT2D eigenvalue weighted by atomic mass is 35.5. The lowest BCUT2D eigenvalue weighted by molar-refractivity contribution is -0.200. The summed E-state index contributed by atoms with van der Waals surface area (Å²) in [5.41, 5.74) is -2.39. The highest BCUT2D eigenvalue weighted by molar-refractivity contribution is 6.28. The Kier molecular flexibility index (Phi) is 11.3. The molecule has 1 aliphatic rings. The van der Waals surface area contributed by atoms with Gasteiger partial charge in [-0.3, -0.25) is 14.2 Å². The lowest BCUT2D eigenvalue weighted by Crippen LogP contribution is -2.57. The number of halogens is 1. The van der Waals surface area contributed by atoms with Crippen molar-refractivity contribution < 1.29 is 47.6 Å². The van der Waals surface area contributed by atoms with Crippen LogP contribution in [-0.2, 0) is 54.0 Å². The molecule has 1 fully saturated rings. The topological polar surface area (TPSA) is 167 Å². The molecule has 5 rings (SSSR count). The maximum absolute atomic E-state index is 13.7. The predicted octanol–water partition coefficient (Wildman–Crippen LogP) is 4.04. The SMILES string of the molecule is C#C[C@@]1(OC(C)=O)[C@@H](COC(Cc2ccccc2)(C(=O)OCC)C(=O)OCC)O[C@@H](n2cnc3c(-c4ccccc4)nc(Cl)nc32)[C@@H]1OC(C)=O. The summed E-state index contributed by atoms with van der Waals surface area (Å²) in [7, 11) is 0. The summed E-state index contributed by atoms with van der Waals surface area (Å²) in [4.78, 5) is 65.9. The minimum absolute atomic E-state index is 0.0838. The van der Waals surface area contributed by atoms with Crippen molar-refractivity contribution >= 4 is 46.6 Å². The van der Waals surface area contributed by atoms with Crippen LogP contribution in [0.15, 0.2) is 67.0 Å². The molecule has 0 unspecified atom stereocenters. The first-order valence-electron chi connectivity index (χ1n) is 16.0. The number of rotatable bonds is 13. The number of hydrogen-bond acceptors (Lipinski definition) is 13. The molecule has 0 spiro atoms. The monoisotopic (exact) mass is 718 g/mol. The van der Waals surface area contributed by atoms with E-state index in [1.165, 1.54) is 10.9 Å². The van der Waals surface area contributed by atoms with Crippen molar-refractivity contribution in [2.45, 2.75) is 63.8 Å². The van der Waals surface area contributed by atoms with E-state index in [-0.39, 0.29) is 30.6 Å². The van der Waals surface area contributed by atoms with Gasteiger partial charge in [0.25, 0.3) is 5.60 Å². The van der Waals surface area contributed by atoms with Gasteiger partial charge >= 0.3 is 23.9 Å². The van der Waals surface area contributed by atoms with Crippen LogP contribution in [0.4, 0.5) is 0 Å². The van der Waals surface area contributed by atoms with E-state index in [9.17, 15) is 19.2 Å². The van der Waals surface area contributed by atoms with Gasteiger partial charge in [0, 0.05) is 25.8 Å². The summed E-state index contributed by atoms with van der Waals surface area (Å²) in [6.07, 6.45) is 2.80. The highest BCUT2D eigenvalue weighted by Crippen LogP contribution is 2.44. The standard InChI is InChI=1S/C36H35ClN4O10/c1-6-35(51-23(5)43)26(20-48-36(32(44)46-7-2,33(45)47-8-3)19-24-15-11-9-12-16-24)50-31(29(35)49-22(4)42)41-21-38-28-27(25-17-13-10-14-18-25)39-34(37)40-30(28)41/h1,9-18,21,26,29,31H,7-8,19-20H2,2-5H3/t26-,29+,31-,35-/m1/s1. The molecule has 0 N–H and O–H groups in total. The maximum Gasteiger partial charge on any atom is 0.350 e. The van der Waals surface area contributed by atoms with Crippen LogP contribution in [0.2, 0.25) is 5.28 Å². The average molecular weight is 719 g/mol. The first-order valence-corrected chi connectivity index (χ1v) is 16.3. The summed E-state index contributed by atoms with van der Waals surface area (Å²) >= 11 is 6.39. The summed E-state index contributed by atoms with van der Waals surface area (Å²) in [5.74, 6) is -1.25. The molecule has 15 heteroatoms. The van der Waals surface area contributed by atoms with E-state index < -0.39 is 60.1 Å². The lowest BCUT2D eigenvalue weighted by atomic mass is 9.91. The molecule has 0 aliphatic carbocycles. The summed E-state index contributed by atoms with van der Waals surface area (Å²) in [6.45, 7) is 4.57. The zero-order valence-electron chi connectivity index (χ0n) is 28.2. The number of carbonyl (C=O) groups is 4. The van der Waals surface area contributed by atoms with Crippen molar-refractivity contribution in [2.24, 2.45) is 0 Å². The van der Waals surface area contributed by atoms with Gasteiger partial charge in [0.05, 0.1) is 26.1 Å². The Hall–Kier alpha value is -5.36. The Morgan fingerprint density at radius 2 is 1.59 bits per heavy atom. The molecule has 4 aromatic rings. The van der Waals surface area contributed by atoms with Crippen LogP contribution in [0.3, 0.4) is 0 Å². The third-order valence-electron chi connectivity index (χ3n) is 8.00. The van der Waals surface area contributed by atoms with Gasteiger partial charge in [0.2, 0.25) is 17.0 Å². The molecule has 51 heavy (non-hydrogen) atoms. The van der Waals surface area contributed by atoms with Crippen LogP contribution in [-0.4, -0.2) is 86.6 Å². The fourth-order valence-electron chi connectivity index (χ4n) is 5.87. The fourth-order valence-corrected chi connectivity index (χ4v) is 6.03. The molecule has 3 heterocycles. The van der Waals surface area contributed by atoms with Crippen LogP contribution in [0.5, 0.6) is 0 Å². The van der Waals surface area contributed by atoms with Crippen LogP contribution in [0.25, 0.3) is 22.4 Å². The zero-order chi connectivity index (χ0) is 36.8. The van der Waals surface area contributed by atoms with Crippen LogP contribution < -0.4 is 0 Å².